The van der Waals surface area contributed by atoms with Gasteiger partial charge in [-0.1, -0.05) is 42.5 Å². The summed E-state index contributed by atoms with van der Waals surface area (Å²) in [6.45, 7) is 1.54. The molecule has 40 heteroatoms. The van der Waals surface area contributed by atoms with Crippen molar-refractivity contribution in [2.75, 3.05) is 81.6 Å². The van der Waals surface area contributed by atoms with Crippen LogP contribution in [0.2, 0.25) is 0 Å². The average molecular weight is 1300 g/mol. The van der Waals surface area contributed by atoms with Crippen LogP contribution in [0.25, 0.3) is 12.2 Å². The number of nitrogens with zero attached hydrogens (tertiary/aromatic N) is 8. The molecule has 0 fully saturated rings. The second-order valence-electron chi connectivity index (χ2n) is 17.3. The maximum atomic E-state index is 13.5. The summed E-state index contributed by atoms with van der Waals surface area (Å²) in [5.74, 6) is -6.19. The van der Waals surface area contributed by atoms with Gasteiger partial charge in [0.25, 0.3) is 70.8 Å². The van der Waals surface area contributed by atoms with Gasteiger partial charge in [-0.3, -0.25) is 31.5 Å². The molecule has 2 aromatic heterocycles. The molecule has 6 aromatic rings. The van der Waals surface area contributed by atoms with Crippen molar-refractivity contribution in [3.63, 3.8) is 0 Å². The Morgan fingerprint density at radius 1 is 0.494 bits per heavy atom. The molecule has 0 radical (unpaired) electrons. The summed E-state index contributed by atoms with van der Waals surface area (Å²) in [6.07, 6.45) is 2.50. The summed E-state index contributed by atoms with van der Waals surface area (Å²) >= 11 is 0. The second-order valence-corrected chi connectivity index (χ2v) is 27.9. The molecule has 0 saturated carbocycles. The molecular formula is C43H50N12O21S7. The zero-order valence-electron chi connectivity index (χ0n) is 43.1. The summed E-state index contributed by atoms with van der Waals surface area (Å²) < 4.78 is 234. The summed E-state index contributed by atoms with van der Waals surface area (Å²) in [7, 11) is -32.1. The number of aromatic nitrogens is 6. The minimum Gasteiger partial charge on any atom is -0.340 e. The van der Waals surface area contributed by atoms with Gasteiger partial charge in [0, 0.05) is 43.2 Å². The molecule has 0 aliphatic rings. The van der Waals surface area contributed by atoms with Crippen LogP contribution in [0.4, 0.5) is 58.4 Å². The third kappa shape index (κ3) is 19.7. The molecule has 0 spiro atoms. The van der Waals surface area contributed by atoms with Crippen LogP contribution in [0.3, 0.4) is 0 Å². The Morgan fingerprint density at radius 3 is 1.46 bits per heavy atom. The van der Waals surface area contributed by atoms with Crippen molar-refractivity contribution < 1.29 is 90.4 Å². The minimum atomic E-state index is -4.89. The molecule has 83 heavy (non-hydrogen) atoms. The molecule has 0 bridgehead atoms. The van der Waals surface area contributed by atoms with Gasteiger partial charge in [0.2, 0.25) is 35.7 Å². The summed E-state index contributed by atoms with van der Waals surface area (Å²) in [5.41, 5.74) is -0.0163. The molecule has 0 amide bonds. The number of aryl methyl sites for hydroxylation is 1. The predicted molar refractivity (Wildman–Crippen MR) is 301 cm³/mol. The van der Waals surface area contributed by atoms with E-state index >= 15 is 0 Å². The first kappa shape index (κ1) is 65.0. The molecule has 6 rings (SSSR count). The van der Waals surface area contributed by atoms with Crippen LogP contribution in [0, 0.1) is 6.92 Å². The third-order valence-corrected chi connectivity index (χ3v) is 17.0. The van der Waals surface area contributed by atoms with Gasteiger partial charge in [-0.15, -0.1) is 0 Å². The van der Waals surface area contributed by atoms with Gasteiger partial charge in [0.1, 0.15) is 15.5 Å². The van der Waals surface area contributed by atoms with Crippen LogP contribution in [0.5, 0.6) is 0 Å². The van der Waals surface area contributed by atoms with Crippen molar-refractivity contribution in [2.24, 2.45) is 0 Å². The van der Waals surface area contributed by atoms with Crippen molar-refractivity contribution in [1.29, 1.82) is 0 Å². The first-order valence-corrected chi connectivity index (χ1v) is 33.9. The first-order valence-electron chi connectivity index (χ1n) is 23.2. The SMILES string of the molecule is CCN(CCS(=O)(=O)O)c1nc(Nc2ccc(/C=C/c3ccc(Nc4nc(Nc5ccccc5S(=O)(=O)O)nc(N(CCS(=O)(=O)O)CCS(=O)(=O)O)n4)cc3CS(=O)(=O)O)c(S(=O)(=O)OC)c2)nc(Nc2cc(S(=O)(=O)O)ccc2C)n1. The molecule has 0 atom stereocenters. The largest absolute Gasteiger partial charge is 0.340 e. The zero-order valence-corrected chi connectivity index (χ0v) is 48.8. The first-order chi connectivity index (χ1) is 38.4. The molecule has 0 aliphatic carbocycles. The molecule has 10 N–H and O–H groups in total. The van der Waals surface area contributed by atoms with E-state index in [0.29, 0.717) is 5.56 Å². The van der Waals surface area contributed by atoms with Crippen molar-refractivity contribution in [3.8, 4) is 0 Å². The van der Waals surface area contributed by atoms with Gasteiger partial charge in [0.15, 0.2) is 0 Å². The Balaban J connectivity index is 1.40. The lowest BCUT2D eigenvalue weighted by Crippen LogP contribution is -2.35. The number of para-hydroxylation sites is 1. The number of anilines is 10. The van der Waals surface area contributed by atoms with E-state index in [4.69, 9.17) is 4.18 Å². The topological polar surface area (TPSA) is 502 Å². The van der Waals surface area contributed by atoms with Crippen LogP contribution in [-0.2, 0) is 80.8 Å². The van der Waals surface area contributed by atoms with Crippen LogP contribution in [0.15, 0.2) is 93.5 Å². The Morgan fingerprint density at radius 2 is 0.964 bits per heavy atom. The highest BCUT2D eigenvalue weighted by atomic mass is 32.2. The van der Waals surface area contributed by atoms with E-state index in [1.807, 2.05) is 0 Å². The third-order valence-electron chi connectivity index (χ3n) is 11.2. The maximum absolute atomic E-state index is 13.5. The van der Waals surface area contributed by atoms with Gasteiger partial charge in [-0.05, 0) is 84.6 Å². The predicted octanol–water partition coefficient (Wildman–Crippen LogP) is 3.02. The average Bonchev–Trinajstić information content (AvgIpc) is 3.54. The van der Waals surface area contributed by atoms with Gasteiger partial charge >= 0.3 is 0 Å². The second kappa shape index (κ2) is 25.7. The van der Waals surface area contributed by atoms with Crippen molar-refractivity contribution >= 4 is 141 Å². The lowest BCUT2D eigenvalue weighted by atomic mass is 10.1. The lowest BCUT2D eigenvalue weighted by Gasteiger charge is -2.22. The molecule has 2 heterocycles. The summed E-state index contributed by atoms with van der Waals surface area (Å²) in [5, 5.41) is 10.9. The highest BCUT2D eigenvalue weighted by molar-refractivity contribution is 7.87. The molecule has 33 nitrogen and oxygen atoms in total. The van der Waals surface area contributed by atoms with E-state index in [9.17, 15) is 86.2 Å². The van der Waals surface area contributed by atoms with E-state index in [0.717, 1.165) is 36.3 Å². The van der Waals surface area contributed by atoms with Gasteiger partial charge in [-0.2, -0.15) is 88.8 Å². The minimum absolute atomic E-state index is 0.0173. The van der Waals surface area contributed by atoms with Crippen LogP contribution < -0.4 is 31.1 Å². The molecule has 4 aromatic carbocycles. The normalized spacial score (nSPS) is 12.7. The Hall–Kier alpha value is -7.19. The van der Waals surface area contributed by atoms with Gasteiger partial charge in [0.05, 0.1) is 35.0 Å². The molecule has 0 saturated heterocycles. The summed E-state index contributed by atoms with van der Waals surface area (Å²) in [6, 6.07) is 15.9. The molecule has 0 unspecified atom stereocenters. The highest BCUT2D eigenvalue weighted by Crippen LogP contribution is 2.31. The molecular weight excluding hydrogens is 1250 g/mol. The zero-order chi connectivity index (χ0) is 61.5. The Bertz CT molecular complexity index is 4260. The monoisotopic (exact) mass is 1290 g/mol. The van der Waals surface area contributed by atoms with E-state index in [1.165, 1.54) is 71.6 Å². The van der Waals surface area contributed by atoms with Crippen molar-refractivity contribution in [1.82, 2.24) is 29.9 Å². The van der Waals surface area contributed by atoms with E-state index in [2.05, 4.69) is 51.2 Å². The standard InChI is InChI=1S/C43H50N12O21S7/c1-4-54(17-20-77(56,57)58)42-50-39(49-41(52-42)47-35-25-33(81(68,69)70)16-9-27(35)2)45-32-15-13-29(37(24-32)83(74,75)76-3)11-10-28-12-14-31(23-30(28)26-80(65,66)67)44-38-48-40(46-34-7-5-6-8-36(34)82(71,72)73)53-43(51-38)55(18-21-78(59,60)61)19-22-79(62,63)64/h5-16,23-25H,4,17-22,26H2,1-3H3,(H,56,57,58)(H,59,60,61)(H,62,63,64)(H,65,66,67)(H,68,69,70)(H,71,72,73)(H2,44,46,48,51,53)(H2,45,47,49,50,52)/b11-10+. The lowest BCUT2D eigenvalue weighted by molar-refractivity contribution is 0.397. The van der Waals surface area contributed by atoms with Crippen LogP contribution in [0.1, 0.15) is 29.2 Å². The van der Waals surface area contributed by atoms with E-state index in [-0.39, 0.29) is 70.4 Å². The fraction of sp³-hybridized carbons (Fsp3) is 0.256. The Labute approximate surface area is 476 Å². The smallest absolute Gasteiger partial charge is 0.297 e. The number of hydrogen-bond donors (Lipinski definition) is 10. The van der Waals surface area contributed by atoms with Gasteiger partial charge in [-0.25, -0.2) is 0 Å². The van der Waals surface area contributed by atoms with E-state index in [1.54, 1.807) is 13.8 Å². The van der Waals surface area contributed by atoms with E-state index < -0.39 is 139 Å². The van der Waals surface area contributed by atoms with Crippen LogP contribution >= 0.6 is 0 Å². The van der Waals surface area contributed by atoms with Crippen LogP contribution in [-0.4, -0.2) is 167 Å². The fourth-order valence-corrected chi connectivity index (χ4v) is 11.2. The Kier molecular flexibility index (Phi) is 20.2. The van der Waals surface area contributed by atoms with Crippen molar-refractivity contribution in [3.05, 3.63) is 101 Å². The highest BCUT2D eigenvalue weighted by Gasteiger charge is 2.24. The molecule has 0 aliphatic heterocycles. The van der Waals surface area contributed by atoms with Gasteiger partial charge < -0.3 is 31.1 Å². The number of nitrogens with one attached hydrogen (secondary N) is 4. The number of hydrogen-bond acceptors (Lipinski definition) is 27. The fourth-order valence-electron chi connectivity index (χ4n) is 7.22. The quantitative estimate of drug-likeness (QED) is 0.0192. The maximum Gasteiger partial charge on any atom is 0.297 e. The van der Waals surface area contributed by atoms with Crippen molar-refractivity contribution in [2.45, 2.75) is 34.3 Å². The summed E-state index contributed by atoms with van der Waals surface area (Å²) in [4.78, 5) is 26.1. The number of benzene rings is 4. The number of rotatable bonds is 28. The molecule has 450 valence electrons.